The molecular weight excluding hydrogens is 268 g/mol. The van der Waals surface area contributed by atoms with Crippen LogP contribution in [0.2, 0.25) is 0 Å². The van der Waals surface area contributed by atoms with Crippen molar-refractivity contribution in [2.24, 2.45) is 5.73 Å². The van der Waals surface area contributed by atoms with E-state index in [-0.39, 0.29) is 0 Å². The molecule has 0 radical (unpaired) electrons. The Morgan fingerprint density at radius 1 is 0.864 bits per heavy atom. The second-order valence-corrected chi connectivity index (χ2v) is 6.52. The SMILES string of the molecule is CC(C)c1ccc(CC(CN)c2ccc(N(C)C)cc2)cc1. The summed E-state index contributed by atoms with van der Waals surface area (Å²) in [4.78, 5) is 2.12. The Hall–Kier alpha value is -1.80. The lowest BCUT2D eigenvalue weighted by Gasteiger charge is -2.18. The fourth-order valence-corrected chi connectivity index (χ4v) is 2.71. The number of hydrogen-bond donors (Lipinski definition) is 1. The molecule has 0 saturated heterocycles. The fraction of sp³-hybridized carbons (Fsp3) is 0.400. The van der Waals surface area contributed by atoms with Gasteiger partial charge in [-0.2, -0.15) is 0 Å². The molecule has 0 aliphatic carbocycles. The maximum Gasteiger partial charge on any atom is 0.0361 e. The van der Waals surface area contributed by atoms with Gasteiger partial charge in [0.15, 0.2) is 0 Å². The molecule has 2 rings (SSSR count). The molecule has 0 aliphatic heterocycles. The first kappa shape index (κ1) is 16.6. The van der Waals surface area contributed by atoms with E-state index in [1.165, 1.54) is 22.4 Å². The van der Waals surface area contributed by atoms with Crippen LogP contribution in [0.25, 0.3) is 0 Å². The lowest BCUT2D eigenvalue weighted by atomic mass is 9.91. The Kier molecular flexibility index (Phi) is 5.62. The zero-order valence-corrected chi connectivity index (χ0v) is 14.2. The van der Waals surface area contributed by atoms with Crippen molar-refractivity contribution >= 4 is 5.69 Å². The van der Waals surface area contributed by atoms with Gasteiger partial charge < -0.3 is 10.6 Å². The number of nitrogens with two attached hydrogens (primary N) is 1. The molecule has 0 bridgehead atoms. The van der Waals surface area contributed by atoms with Crippen molar-refractivity contribution in [2.75, 3.05) is 25.5 Å². The van der Waals surface area contributed by atoms with Gasteiger partial charge in [0.1, 0.15) is 0 Å². The van der Waals surface area contributed by atoms with E-state index in [0.717, 1.165) is 6.42 Å². The number of benzene rings is 2. The number of nitrogens with zero attached hydrogens (tertiary/aromatic N) is 1. The van der Waals surface area contributed by atoms with Crippen LogP contribution in [0.1, 0.15) is 42.4 Å². The molecule has 22 heavy (non-hydrogen) atoms. The number of rotatable bonds is 6. The molecule has 118 valence electrons. The van der Waals surface area contributed by atoms with Crippen molar-refractivity contribution in [3.05, 3.63) is 65.2 Å². The molecule has 0 spiro atoms. The van der Waals surface area contributed by atoms with Crippen LogP contribution >= 0.6 is 0 Å². The van der Waals surface area contributed by atoms with E-state index in [1.54, 1.807) is 0 Å². The molecule has 2 aromatic carbocycles. The van der Waals surface area contributed by atoms with E-state index in [4.69, 9.17) is 5.73 Å². The van der Waals surface area contributed by atoms with Gasteiger partial charge in [-0.3, -0.25) is 0 Å². The van der Waals surface area contributed by atoms with Gasteiger partial charge in [0.25, 0.3) is 0 Å². The summed E-state index contributed by atoms with van der Waals surface area (Å²) >= 11 is 0. The molecular formula is C20H28N2. The van der Waals surface area contributed by atoms with Gasteiger partial charge in [-0.05, 0) is 47.7 Å². The van der Waals surface area contributed by atoms with Crippen molar-refractivity contribution in [2.45, 2.75) is 32.1 Å². The topological polar surface area (TPSA) is 29.3 Å². The Bertz CT molecular complexity index is 568. The van der Waals surface area contributed by atoms with Gasteiger partial charge >= 0.3 is 0 Å². The summed E-state index contributed by atoms with van der Waals surface area (Å²) in [6.07, 6.45) is 0.996. The zero-order chi connectivity index (χ0) is 16.1. The summed E-state index contributed by atoms with van der Waals surface area (Å²) in [5.41, 5.74) is 11.3. The van der Waals surface area contributed by atoms with Gasteiger partial charge in [-0.15, -0.1) is 0 Å². The number of anilines is 1. The second kappa shape index (κ2) is 7.46. The van der Waals surface area contributed by atoms with E-state index >= 15 is 0 Å². The fourth-order valence-electron chi connectivity index (χ4n) is 2.71. The first-order valence-electron chi connectivity index (χ1n) is 8.07. The average molecular weight is 296 g/mol. The van der Waals surface area contributed by atoms with Gasteiger partial charge in [-0.1, -0.05) is 50.2 Å². The standard InChI is InChI=1S/C20H28N2/c1-15(2)17-7-5-16(6-8-17)13-19(14-21)18-9-11-20(12-10-18)22(3)4/h5-12,15,19H,13-14,21H2,1-4H3. The largest absolute Gasteiger partial charge is 0.378 e. The molecule has 2 heteroatoms. The summed E-state index contributed by atoms with van der Waals surface area (Å²) in [6.45, 7) is 5.13. The molecule has 1 unspecified atom stereocenters. The average Bonchev–Trinajstić information content (AvgIpc) is 2.53. The molecule has 2 aromatic rings. The normalized spacial score (nSPS) is 12.5. The van der Waals surface area contributed by atoms with Crippen LogP contribution in [0.4, 0.5) is 5.69 Å². The molecule has 0 amide bonds. The maximum atomic E-state index is 6.02. The summed E-state index contributed by atoms with van der Waals surface area (Å²) in [5, 5.41) is 0. The highest BCUT2D eigenvalue weighted by atomic mass is 15.1. The summed E-state index contributed by atoms with van der Waals surface area (Å²) in [7, 11) is 4.12. The van der Waals surface area contributed by atoms with Crippen LogP contribution in [0.15, 0.2) is 48.5 Å². The third-order valence-corrected chi connectivity index (χ3v) is 4.29. The van der Waals surface area contributed by atoms with Crippen molar-refractivity contribution in [1.82, 2.24) is 0 Å². The Labute approximate surface area is 135 Å². The van der Waals surface area contributed by atoms with Crippen LogP contribution < -0.4 is 10.6 Å². The minimum Gasteiger partial charge on any atom is -0.378 e. The van der Waals surface area contributed by atoms with Crippen LogP contribution in [0.3, 0.4) is 0 Å². The molecule has 0 saturated carbocycles. The van der Waals surface area contributed by atoms with E-state index < -0.39 is 0 Å². The predicted molar refractivity (Wildman–Crippen MR) is 96.8 cm³/mol. The van der Waals surface area contributed by atoms with Crippen LogP contribution in [-0.2, 0) is 6.42 Å². The predicted octanol–water partition coefficient (Wildman–Crippen LogP) is 4.16. The Balaban J connectivity index is 2.11. The van der Waals surface area contributed by atoms with E-state index in [1.807, 2.05) is 0 Å². The molecule has 1 atom stereocenters. The first-order valence-corrected chi connectivity index (χ1v) is 8.07. The summed E-state index contributed by atoms with van der Waals surface area (Å²) in [5.74, 6) is 0.957. The maximum absolute atomic E-state index is 6.02. The van der Waals surface area contributed by atoms with Crippen molar-refractivity contribution in [3.63, 3.8) is 0 Å². The van der Waals surface area contributed by atoms with Gasteiger partial charge in [0.05, 0.1) is 0 Å². The van der Waals surface area contributed by atoms with Gasteiger partial charge in [-0.25, -0.2) is 0 Å². The summed E-state index contributed by atoms with van der Waals surface area (Å²) in [6, 6.07) is 17.7. The first-order chi connectivity index (χ1) is 10.5. The lowest BCUT2D eigenvalue weighted by molar-refractivity contribution is 0.694. The highest BCUT2D eigenvalue weighted by Gasteiger charge is 2.11. The van der Waals surface area contributed by atoms with Crippen LogP contribution in [-0.4, -0.2) is 20.6 Å². The quantitative estimate of drug-likeness (QED) is 0.867. The van der Waals surface area contributed by atoms with Gasteiger partial charge in [0.2, 0.25) is 0 Å². The van der Waals surface area contributed by atoms with Crippen molar-refractivity contribution < 1.29 is 0 Å². The van der Waals surface area contributed by atoms with Crippen LogP contribution in [0.5, 0.6) is 0 Å². The Morgan fingerprint density at radius 3 is 1.86 bits per heavy atom. The van der Waals surface area contributed by atoms with E-state index in [2.05, 4.69) is 81.4 Å². The highest BCUT2D eigenvalue weighted by Crippen LogP contribution is 2.23. The molecule has 2 nitrogen and oxygen atoms in total. The third kappa shape index (κ3) is 4.11. The van der Waals surface area contributed by atoms with Crippen molar-refractivity contribution in [3.8, 4) is 0 Å². The summed E-state index contributed by atoms with van der Waals surface area (Å²) < 4.78 is 0. The van der Waals surface area contributed by atoms with Crippen LogP contribution in [0, 0.1) is 0 Å². The highest BCUT2D eigenvalue weighted by molar-refractivity contribution is 5.46. The lowest BCUT2D eigenvalue weighted by Crippen LogP contribution is -2.15. The molecule has 0 fully saturated rings. The zero-order valence-electron chi connectivity index (χ0n) is 14.2. The van der Waals surface area contributed by atoms with Crippen molar-refractivity contribution in [1.29, 1.82) is 0 Å². The van der Waals surface area contributed by atoms with E-state index in [0.29, 0.717) is 18.4 Å². The molecule has 2 N–H and O–H groups in total. The minimum absolute atomic E-state index is 0.376. The minimum atomic E-state index is 0.376. The Morgan fingerprint density at radius 2 is 1.41 bits per heavy atom. The molecule has 0 heterocycles. The second-order valence-electron chi connectivity index (χ2n) is 6.52. The number of hydrogen-bond acceptors (Lipinski definition) is 2. The monoisotopic (exact) mass is 296 g/mol. The molecule has 0 aliphatic rings. The van der Waals surface area contributed by atoms with Gasteiger partial charge in [0, 0.05) is 25.7 Å². The molecule has 0 aromatic heterocycles. The van der Waals surface area contributed by atoms with E-state index in [9.17, 15) is 0 Å². The smallest absolute Gasteiger partial charge is 0.0361 e. The third-order valence-electron chi connectivity index (χ3n) is 4.29.